The zero-order valence-corrected chi connectivity index (χ0v) is 20.4. The van der Waals surface area contributed by atoms with Gasteiger partial charge in [-0.15, -0.1) is 0 Å². The average molecular weight is 536 g/mol. The molecule has 2 aliphatic rings. The fourth-order valence-electron chi connectivity index (χ4n) is 4.35. The number of halogens is 4. The summed E-state index contributed by atoms with van der Waals surface area (Å²) in [6.07, 6.45) is -1.14. The molecule has 0 aliphatic carbocycles. The van der Waals surface area contributed by atoms with Crippen molar-refractivity contribution in [2.45, 2.75) is 18.8 Å². The number of nitrogens with one attached hydrogen (secondary N) is 1. The smallest absolute Gasteiger partial charge is 0.378 e. The Labute approximate surface area is 214 Å². The Kier molecular flexibility index (Phi) is 6.86. The number of hydrogen-bond acceptors (Lipinski definition) is 5. The van der Waals surface area contributed by atoms with Gasteiger partial charge in [0.15, 0.2) is 0 Å². The minimum absolute atomic E-state index is 0.0205. The van der Waals surface area contributed by atoms with Crippen molar-refractivity contribution in [3.8, 4) is 0 Å². The van der Waals surface area contributed by atoms with Gasteiger partial charge in [0.2, 0.25) is 0 Å². The van der Waals surface area contributed by atoms with E-state index in [1.165, 1.54) is 17.0 Å². The van der Waals surface area contributed by atoms with Crippen molar-refractivity contribution in [2.24, 2.45) is 0 Å². The highest BCUT2D eigenvalue weighted by Crippen LogP contribution is 2.35. The minimum Gasteiger partial charge on any atom is -0.378 e. The summed E-state index contributed by atoms with van der Waals surface area (Å²) in [5.41, 5.74) is 0.804. The van der Waals surface area contributed by atoms with Crippen LogP contribution < -0.4 is 5.32 Å². The van der Waals surface area contributed by atoms with Gasteiger partial charge in [-0.3, -0.25) is 14.5 Å². The van der Waals surface area contributed by atoms with Gasteiger partial charge < -0.3 is 14.6 Å². The number of rotatable bonds is 5. The number of carbonyl (C=O) groups excluding carboxylic acids is 2. The van der Waals surface area contributed by atoms with Gasteiger partial charge in [0.05, 0.1) is 23.7 Å². The van der Waals surface area contributed by atoms with Crippen molar-refractivity contribution < 1.29 is 27.5 Å². The molecule has 188 valence electrons. The molecular formula is C25H21ClF3N3O3S. The number of nitrogens with zero attached hydrogens (tertiary/aromatic N) is 2. The number of amides is 2. The number of benzene rings is 2. The van der Waals surface area contributed by atoms with Crippen LogP contribution in [0.1, 0.15) is 16.7 Å². The number of alkyl halides is 3. The first-order chi connectivity index (χ1) is 17.2. The van der Waals surface area contributed by atoms with Crippen LogP contribution in [0.25, 0.3) is 17.0 Å². The van der Waals surface area contributed by atoms with Crippen LogP contribution in [-0.4, -0.2) is 53.0 Å². The van der Waals surface area contributed by atoms with E-state index in [1.807, 2.05) is 6.07 Å². The molecule has 1 unspecified atom stereocenters. The minimum atomic E-state index is -4.51. The maximum atomic E-state index is 13.5. The molecule has 36 heavy (non-hydrogen) atoms. The van der Waals surface area contributed by atoms with Crippen molar-refractivity contribution >= 4 is 51.5 Å². The van der Waals surface area contributed by atoms with Gasteiger partial charge in [0, 0.05) is 47.8 Å². The molecule has 2 saturated heterocycles. The predicted octanol–water partition coefficient (Wildman–Crippen LogP) is 5.39. The number of carbonyl (C=O) groups is 2. The third-order valence-electron chi connectivity index (χ3n) is 6.09. The first-order valence-corrected chi connectivity index (χ1v) is 12.4. The number of ether oxygens (including phenoxy) is 1. The Morgan fingerprint density at radius 2 is 2.00 bits per heavy atom. The number of fused-ring (bicyclic) bond motifs is 1. The van der Waals surface area contributed by atoms with Gasteiger partial charge in [-0.2, -0.15) is 13.2 Å². The standard InChI is InChI=1S/C25H21ClF3N3O3S/c26-18-3-2-17(20(11-18)25(27,28)29)12-31-7-5-16-9-15(1-4-21(16)31)10-22-23(33)32(24(34)36-22)13-19-14-35-8-6-30-19/h1-5,7,9-11,19,30H,6,8,12-14H2/b22-10-. The van der Waals surface area contributed by atoms with E-state index in [4.69, 9.17) is 16.3 Å². The summed E-state index contributed by atoms with van der Waals surface area (Å²) >= 11 is 6.68. The zero-order valence-electron chi connectivity index (χ0n) is 18.8. The molecule has 11 heteroatoms. The summed E-state index contributed by atoms with van der Waals surface area (Å²) in [6, 6.07) is 10.9. The van der Waals surface area contributed by atoms with Crippen LogP contribution in [-0.2, 0) is 22.3 Å². The second kappa shape index (κ2) is 9.93. The van der Waals surface area contributed by atoms with Crippen LogP contribution in [0, 0.1) is 0 Å². The molecule has 3 aromatic rings. The van der Waals surface area contributed by atoms with Crippen LogP contribution >= 0.6 is 23.4 Å². The van der Waals surface area contributed by atoms with E-state index in [0.29, 0.717) is 30.2 Å². The van der Waals surface area contributed by atoms with E-state index < -0.39 is 11.7 Å². The van der Waals surface area contributed by atoms with E-state index in [0.717, 1.165) is 28.7 Å². The van der Waals surface area contributed by atoms with Gasteiger partial charge in [-0.1, -0.05) is 23.7 Å². The van der Waals surface area contributed by atoms with Crippen molar-refractivity contribution in [2.75, 3.05) is 26.3 Å². The first-order valence-electron chi connectivity index (χ1n) is 11.2. The molecule has 0 radical (unpaired) electrons. The number of hydrogen-bond donors (Lipinski definition) is 1. The number of thioether (sulfide) groups is 1. The second-order valence-electron chi connectivity index (χ2n) is 8.58. The van der Waals surface area contributed by atoms with E-state index in [9.17, 15) is 22.8 Å². The topological polar surface area (TPSA) is 63.6 Å². The SMILES string of the molecule is O=C1S/C(=C\c2ccc3c(ccn3Cc3ccc(Cl)cc3C(F)(F)F)c2)C(=O)N1CC1COCCN1. The van der Waals surface area contributed by atoms with Crippen LogP contribution in [0.2, 0.25) is 5.02 Å². The average Bonchev–Trinajstić information content (AvgIpc) is 3.35. The third-order valence-corrected chi connectivity index (χ3v) is 7.23. The molecule has 1 atom stereocenters. The number of imide groups is 1. The molecule has 1 aromatic heterocycles. The molecule has 2 fully saturated rings. The van der Waals surface area contributed by atoms with Crippen LogP contribution in [0.3, 0.4) is 0 Å². The molecule has 6 nitrogen and oxygen atoms in total. The van der Waals surface area contributed by atoms with Gasteiger partial charge in [0.1, 0.15) is 0 Å². The Morgan fingerprint density at radius 1 is 1.17 bits per heavy atom. The molecule has 1 N–H and O–H groups in total. The van der Waals surface area contributed by atoms with E-state index in [2.05, 4.69) is 5.32 Å². The van der Waals surface area contributed by atoms with E-state index in [1.54, 1.807) is 35.0 Å². The predicted molar refractivity (Wildman–Crippen MR) is 133 cm³/mol. The highest BCUT2D eigenvalue weighted by molar-refractivity contribution is 8.18. The maximum Gasteiger partial charge on any atom is 0.416 e. The summed E-state index contributed by atoms with van der Waals surface area (Å²) in [5.74, 6) is -0.350. The molecule has 3 heterocycles. The van der Waals surface area contributed by atoms with Crippen LogP contribution in [0.15, 0.2) is 53.6 Å². The highest BCUT2D eigenvalue weighted by atomic mass is 35.5. The lowest BCUT2D eigenvalue weighted by atomic mass is 10.1. The summed E-state index contributed by atoms with van der Waals surface area (Å²) in [7, 11) is 0. The lowest BCUT2D eigenvalue weighted by Gasteiger charge is -2.26. The Hall–Kier alpha value is -2.79. The van der Waals surface area contributed by atoms with Gasteiger partial charge in [0.25, 0.3) is 11.1 Å². The first kappa shape index (κ1) is 24.9. The molecule has 2 aromatic carbocycles. The Morgan fingerprint density at radius 3 is 2.75 bits per heavy atom. The largest absolute Gasteiger partial charge is 0.416 e. The Balaban J connectivity index is 1.36. The summed E-state index contributed by atoms with van der Waals surface area (Å²) in [5, 5.41) is 3.74. The lowest BCUT2D eigenvalue weighted by Crippen LogP contribution is -2.49. The van der Waals surface area contributed by atoms with Crippen molar-refractivity contribution in [3.63, 3.8) is 0 Å². The highest BCUT2D eigenvalue weighted by Gasteiger charge is 2.37. The zero-order chi connectivity index (χ0) is 25.4. The van der Waals surface area contributed by atoms with Crippen LogP contribution in [0.4, 0.5) is 18.0 Å². The second-order valence-corrected chi connectivity index (χ2v) is 10.0. The molecule has 0 spiro atoms. The monoisotopic (exact) mass is 535 g/mol. The van der Waals surface area contributed by atoms with E-state index >= 15 is 0 Å². The summed E-state index contributed by atoms with van der Waals surface area (Å²) < 4.78 is 47.6. The quantitative estimate of drug-likeness (QED) is 0.444. The summed E-state index contributed by atoms with van der Waals surface area (Å²) in [4.78, 5) is 26.8. The van der Waals surface area contributed by atoms with Crippen molar-refractivity contribution in [3.05, 3.63) is 75.3 Å². The molecule has 0 saturated carbocycles. The van der Waals surface area contributed by atoms with Crippen LogP contribution in [0.5, 0.6) is 0 Å². The fraction of sp³-hybridized carbons (Fsp3) is 0.280. The fourth-order valence-corrected chi connectivity index (χ4v) is 5.37. The Bertz CT molecular complexity index is 1370. The summed E-state index contributed by atoms with van der Waals surface area (Å²) in [6.45, 7) is 1.98. The van der Waals surface area contributed by atoms with E-state index in [-0.39, 0.29) is 40.9 Å². The van der Waals surface area contributed by atoms with Gasteiger partial charge in [-0.05, 0) is 59.3 Å². The van der Waals surface area contributed by atoms with Gasteiger partial charge >= 0.3 is 6.18 Å². The third kappa shape index (κ3) is 5.17. The van der Waals surface area contributed by atoms with Crippen molar-refractivity contribution in [1.82, 2.24) is 14.8 Å². The molecule has 5 rings (SSSR count). The number of aromatic nitrogens is 1. The molecule has 2 aliphatic heterocycles. The van der Waals surface area contributed by atoms with Crippen molar-refractivity contribution in [1.29, 1.82) is 0 Å². The number of morpholine rings is 1. The van der Waals surface area contributed by atoms with Gasteiger partial charge in [-0.25, -0.2) is 0 Å². The normalized spacial score (nSPS) is 20.2. The molecule has 0 bridgehead atoms. The molecule has 2 amide bonds. The maximum absolute atomic E-state index is 13.5. The molecular weight excluding hydrogens is 515 g/mol. The lowest BCUT2D eigenvalue weighted by molar-refractivity contribution is -0.138.